The number of amidine groups is 1. The van der Waals surface area contributed by atoms with Crippen molar-refractivity contribution in [2.75, 3.05) is 7.11 Å². The van der Waals surface area contributed by atoms with Gasteiger partial charge in [0.2, 0.25) is 0 Å². The molecule has 3 N–H and O–H groups in total. The zero-order valence-corrected chi connectivity index (χ0v) is 12.3. The highest BCUT2D eigenvalue weighted by Gasteiger charge is 2.13. The normalized spacial score (nSPS) is 17.6. The molecule has 1 aromatic carbocycles. The summed E-state index contributed by atoms with van der Waals surface area (Å²) in [4.78, 5) is 4.81. The van der Waals surface area contributed by atoms with E-state index in [2.05, 4.69) is 11.5 Å². The van der Waals surface area contributed by atoms with Crippen molar-refractivity contribution in [2.45, 2.75) is 51.0 Å². The maximum absolute atomic E-state index is 5.65. The Balaban J connectivity index is 2.07. The third-order valence-corrected chi connectivity index (χ3v) is 3.88. The molecule has 0 amide bonds. The summed E-state index contributed by atoms with van der Waals surface area (Å²) >= 11 is 0. The highest BCUT2D eigenvalue weighted by atomic mass is 16.5. The fraction of sp³-hybridized carbons (Fsp3) is 0.562. The van der Waals surface area contributed by atoms with Gasteiger partial charge in [-0.25, -0.2) is 5.84 Å². The van der Waals surface area contributed by atoms with Crippen LogP contribution in [0.4, 0.5) is 0 Å². The first-order valence-electron chi connectivity index (χ1n) is 7.48. The average Bonchev–Trinajstić information content (AvgIpc) is 2.75. The lowest BCUT2D eigenvalue weighted by Crippen LogP contribution is -2.33. The molecular weight excluding hydrogens is 250 g/mol. The van der Waals surface area contributed by atoms with Gasteiger partial charge in [-0.3, -0.25) is 4.99 Å². The van der Waals surface area contributed by atoms with Crippen molar-refractivity contribution >= 4 is 5.84 Å². The lowest BCUT2D eigenvalue weighted by molar-refractivity contribution is 0.411. The van der Waals surface area contributed by atoms with Crippen molar-refractivity contribution in [1.29, 1.82) is 0 Å². The van der Waals surface area contributed by atoms with E-state index in [1.807, 2.05) is 18.2 Å². The van der Waals surface area contributed by atoms with E-state index in [1.165, 1.54) is 38.5 Å². The van der Waals surface area contributed by atoms with E-state index in [-0.39, 0.29) is 0 Å². The van der Waals surface area contributed by atoms with Gasteiger partial charge in [0.15, 0.2) is 0 Å². The van der Waals surface area contributed by atoms with E-state index in [1.54, 1.807) is 7.11 Å². The van der Waals surface area contributed by atoms with Gasteiger partial charge in [0.25, 0.3) is 0 Å². The Morgan fingerprint density at radius 1 is 1.25 bits per heavy atom. The van der Waals surface area contributed by atoms with E-state index in [9.17, 15) is 0 Å². The van der Waals surface area contributed by atoms with Crippen molar-refractivity contribution in [1.82, 2.24) is 5.43 Å². The first-order valence-corrected chi connectivity index (χ1v) is 7.48. The number of hydrogen-bond donors (Lipinski definition) is 2. The number of benzene rings is 1. The molecule has 1 fully saturated rings. The minimum absolute atomic E-state index is 0.415. The zero-order valence-electron chi connectivity index (χ0n) is 12.3. The molecule has 0 heterocycles. The molecule has 0 saturated heterocycles. The number of ether oxygens (including phenoxy) is 1. The van der Waals surface area contributed by atoms with Gasteiger partial charge in [-0.15, -0.1) is 0 Å². The molecule has 0 aromatic heterocycles. The average molecular weight is 275 g/mol. The van der Waals surface area contributed by atoms with Crippen molar-refractivity contribution in [3.63, 3.8) is 0 Å². The Labute approximate surface area is 121 Å². The predicted octanol–water partition coefficient (Wildman–Crippen LogP) is 2.82. The summed E-state index contributed by atoms with van der Waals surface area (Å²) in [5.74, 6) is 7.38. The van der Waals surface area contributed by atoms with E-state index >= 15 is 0 Å². The molecule has 0 aliphatic heterocycles. The molecule has 2 rings (SSSR count). The molecule has 1 aliphatic rings. The molecule has 1 aliphatic carbocycles. The second-order valence-electron chi connectivity index (χ2n) is 5.35. The van der Waals surface area contributed by atoms with E-state index in [4.69, 9.17) is 15.6 Å². The summed E-state index contributed by atoms with van der Waals surface area (Å²) in [5.41, 5.74) is 3.88. The Hall–Kier alpha value is -1.55. The second-order valence-corrected chi connectivity index (χ2v) is 5.35. The van der Waals surface area contributed by atoms with Gasteiger partial charge in [0, 0.05) is 12.0 Å². The molecule has 0 atom stereocenters. The van der Waals surface area contributed by atoms with E-state index < -0.39 is 0 Å². The van der Waals surface area contributed by atoms with E-state index in [0.29, 0.717) is 12.5 Å². The number of nitrogens with zero attached hydrogens (tertiary/aromatic N) is 1. The number of aliphatic imine (C=N–C) groups is 1. The fourth-order valence-corrected chi connectivity index (χ4v) is 2.77. The lowest BCUT2D eigenvalue weighted by atomic mass is 10.1. The summed E-state index contributed by atoms with van der Waals surface area (Å²) in [5, 5.41) is 0. The van der Waals surface area contributed by atoms with Gasteiger partial charge >= 0.3 is 0 Å². The summed E-state index contributed by atoms with van der Waals surface area (Å²) in [6, 6.07) is 8.42. The maximum atomic E-state index is 5.65. The summed E-state index contributed by atoms with van der Waals surface area (Å²) in [6.07, 6.45) is 8.28. The Bertz CT molecular complexity index is 437. The molecule has 1 aromatic rings. The Morgan fingerprint density at radius 3 is 2.60 bits per heavy atom. The van der Waals surface area contributed by atoms with Crippen LogP contribution < -0.4 is 16.0 Å². The van der Waals surface area contributed by atoms with Crippen LogP contribution in [0, 0.1) is 0 Å². The van der Waals surface area contributed by atoms with Crippen LogP contribution in [0.1, 0.15) is 44.1 Å². The monoisotopic (exact) mass is 275 g/mol. The number of nitrogens with one attached hydrogen (secondary N) is 1. The molecule has 1 saturated carbocycles. The third-order valence-electron chi connectivity index (χ3n) is 3.88. The van der Waals surface area contributed by atoms with Crippen molar-refractivity contribution in [3.8, 4) is 5.75 Å². The van der Waals surface area contributed by atoms with E-state index in [0.717, 1.165) is 17.1 Å². The third kappa shape index (κ3) is 4.23. The van der Waals surface area contributed by atoms with Crippen LogP contribution in [0.3, 0.4) is 0 Å². The lowest BCUT2D eigenvalue weighted by Gasteiger charge is -2.14. The molecule has 4 heteroatoms. The first kappa shape index (κ1) is 14.9. The first-order chi connectivity index (χ1) is 9.83. The van der Waals surface area contributed by atoms with Crippen molar-refractivity contribution in [3.05, 3.63) is 29.8 Å². The number of methoxy groups -OCH3 is 1. The van der Waals surface area contributed by atoms with Crippen LogP contribution in [0.25, 0.3) is 0 Å². The van der Waals surface area contributed by atoms with Gasteiger partial charge in [-0.1, -0.05) is 43.9 Å². The molecule has 0 spiro atoms. The second kappa shape index (κ2) is 7.90. The van der Waals surface area contributed by atoms with Gasteiger partial charge in [-0.2, -0.15) is 0 Å². The fourth-order valence-electron chi connectivity index (χ4n) is 2.77. The van der Waals surface area contributed by atoms with Crippen LogP contribution in [-0.4, -0.2) is 19.0 Å². The Kier molecular flexibility index (Phi) is 5.87. The van der Waals surface area contributed by atoms with Gasteiger partial charge in [0.1, 0.15) is 11.6 Å². The number of nitrogens with two attached hydrogens (primary N) is 1. The van der Waals surface area contributed by atoms with Gasteiger partial charge < -0.3 is 10.2 Å². The highest BCUT2D eigenvalue weighted by molar-refractivity contribution is 5.84. The summed E-state index contributed by atoms with van der Waals surface area (Å²) in [7, 11) is 1.69. The maximum Gasteiger partial charge on any atom is 0.122 e. The minimum Gasteiger partial charge on any atom is -0.496 e. The zero-order chi connectivity index (χ0) is 14.2. The highest BCUT2D eigenvalue weighted by Crippen LogP contribution is 2.21. The quantitative estimate of drug-likeness (QED) is 0.292. The van der Waals surface area contributed by atoms with Crippen LogP contribution in [-0.2, 0) is 6.42 Å². The number of hydrogen-bond acceptors (Lipinski definition) is 3. The number of rotatable bonds is 4. The molecule has 20 heavy (non-hydrogen) atoms. The van der Waals surface area contributed by atoms with Crippen LogP contribution >= 0.6 is 0 Å². The smallest absolute Gasteiger partial charge is 0.122 e. The van der Waals surface area contributed by atoms with Crippen LogP contribution in [0.15, 0.2) is 29.3 Å². The molecular formula is C16H25N3O. The number of para-hydroxylation sites is 1. The topological polar surface area (TPSA) is 59.6 Å². The molecule has 0 bridgehead atoms. The van der Waals surface area contributed by atoms with Crippen molar-refractivity contribution < 1.29 is 4.74 Å². The molecule has 0 unspecified atom stereocenters. The Morgan fingerprint density at radius 2 is 1.95 bits per heavy atom. The molecule has 0 radical (unpaired) electrons. The largest absolute Gasteiger partial charge is 0.496 e. The molecule has 110 valence electrons. The van der Waals surface area contributed by atoms with Crippen LogP contribution in [0.2, 0.25) is 0 Å². The number of hydrazine groups is 1. The predicted molar refractivity (Wildman–Crippen MR) is 82.9 cm³/mol. The van der Waals surface area contributed by atoms with Crippen molar-refractivity contribution in [2.24, 2.45) is 10.8 Å². The standard InChI is InChI=1S/C16H25N3O/c1-20-15-11-7-6-8-13(15)12-16(19-17)18-14-9-4-2-3-5-10-14/h6-8,11,14H,2-5,9-10,12,17H2,1H3,(H,18,19). The van der Waals surface area contributed by atoms with Crippen LogP contribution in [0.5, 0.6) is 5.75 Å². The molecule has 4 nitrogen and oxygen atoms in total. The van der Waals surface area contributed by atoms with Gasteiger partial charge in [0.05, 0.1) is 13.2 Å². The summed E-state index contributed by atoms with van der Waals surface area (Å²) in [6.45, 7) is 0. The summed E-state index contributed by atoms with van der Waals surface area (Å²) < 4.78 is 5.38. The minimum atomic E-state index is 0.415. The SMILES string of the molecule is COc1ccccc1CC(=NC1CCCCCC1)NN. The van der Waals surface area contributed by atoms with Gasteiger partial charge in [-0.05, 0) is 18.9 Å².